The standard InChI is InChI=1S/C9H7BrN4OS/c10-8-7(9(11)15)14-6(16-8)4-5-12-2-1-3-13-5/h1-3H,4H2,(H2,11,15). The Hall–Kier alpha value is -1.34. The van der Waals surface area contributed by atoms with E-state index in [0.717, 1.165) is 5.01 Å². The SMILES string of the molecule is NC(=O)c1nc(Cc2ncccn2)sc1Br. The van der Waals surface area contributed by atoms with E-state index in [4.69, 9.17) is 5.73 Å². The van der Waals surface area contributed by atoms with Gasteiger partial charge in [-0.15, -0.1) is 11.3 Å². The van der Waals surface area contributed by atoms with Gasteiger partial charge in [0.2, 0.25) is 0 Å². The van der Waals surface area contributed by atoms with Gasteiger partial charge >= 0.3 is 0 Å². The molecule has 2 rings (SSSR count). The number of amides is 1. The van der Waals surface area contributed by atoms with Crippen LogP contribution in [-0.4, -0.2) is 20.9 Å². The maximum atomic E-state index is 11.0. The zero-order chi connectivity index (χ0) is 11.5. The lowest BCUT2D eigenvalue weighted by Gasteiger charge is -1.93. The zero-order valence-electron chi connectivity index (χ0n) is 8.05. The van der Waals surface area contributed by atoms with Crippen LogP contribution in [0.5, 0.6) is 0 Å². The summed E-state index contributed by atoms with van der Waals surface area (Å²) in [4.78, 5) is 23.3. The Balaban J connectivity index is 2.23. The van der Waals surface area contributed by atoms with Crippen molar-refractivity contribution in [3.8, 4) is 0 Å². The van der Waals surface area contributed by atoms with E-state index in [0.29, 0.717) is 16.0 Å². The van der Waals surface area contributed by atoms with Crippen molar-refractivity contribution in [1.82, 2.24) is 15.0 Å². The molecule has 0 aliphatic rings. The predicted octanol–water partition coefficient (Wildman–Crippen LogP) is 1.39. The minimum atomic E-state index is -0.539. The monoisotopic (exact) mass is 298 g/mol. The van der Waals surface area contributed by atoms with Crippen molar-refractivity contribution in [3.05, 3.63) is 38.8 Å². The predicted molar refractivity (Wildman–Crippen MR) is 63.2 cm³/mol. The molecule has 2 aromatic heterocycles. The molecule has 0 saturated heterocycles. The van der Waals surface area contributed by atoms with E-state index in [9.17, 15) is 4.79 Å². The highest BCUT2D eigenvalue weighted by Crippen LogP contribution is 2.25. The molecule has 0 unspecified atom stereocenters. The number of carbonyl (C=O) groups excluding carboxylic acids is 1. The van der Waals surface area contributed by atoms with Gasteiger partial charge in [0.1, 0.15) is 14.6 Å². The first-order valence-electron chi connectivity index (χ1n) is 4.37. The Morgan fingerprint density at radius 2 is 2.12 bits per heavy atom. The molecule has 82 valence electrons. The second-order valence-electron chi connectivity index (χ2n) is 2.94. The van der Waals surface area contributed by atoms with Crippen LogP contribution in [0.2, 0.25) is 0 Å². The van der Waals surface area contributed by atoms with Crippen LogP contribution in [0.3, 0.4) is 0 Å². The maximum absolute atomic E-state index is 11.0. The number of primary amides is 1. The molecule has 0 atom stereocenters. The number of thiazole rings is 1. The van der Waals surface area contributed by atoms with E-state index in [1.165, 1.54) is 11.3 Å². The highest BCUT2D eigenvalue weighted by molar-refractivity contribution is 9.11. The van der Waals surface area contributed by atoms with Crippen LogP contribution in [-0.2, 0) is 6.42 Å². The molecule has 0 spiro atoms. The third kappa shape index (κ3) is 2.42. The Labute approximate surface area is 104 Å². The third-order valence-electron chi connectivity index (χ3n) is 1.79. The van der Waals surface area contributed by atoms with E-state index in [-0.39, 0.29) is 5.69 Å². The van der Waals surface area contributed by atoms with E-state index >= 15 is 0 Å². The average molecular weight is 299 g/mol. The number of rotatable bonds is 3. The molecule has 0 aliphatic heterocycles. The average Bonchev–Trinajstić information content (AvgIpc) is 2.61. The number of hydrogen-bond donors (Lipinski definition) is 1. The van der Waals surface area contributed by atoms with Crippen molar-refractivity contribution in [2.24, 2.45) is 5.73 Å². The normalized spacial score (nSPS) is 10.3. The molecule has 1 amide bonds. The zero-order valence-corrected chi connectivity index (χ0v) is 10.5. The summed E-state index contributed by atoms with van der Waals surface area (Å²) < 4.78 is 0.644. The molecule has 7 heteroatoms. The van der Waals surface area contributed by atoms with Crippen molar-refractivity contribution in [2.45, 2.75) is 6.42 Å². The number of nitrogens with zero attached hydrogens (tertiary/aromatic N) is 3. The molecule has 0 aliphatic carbocycles. The molecule has 0 radical (unpaired) electrons. The van der Waals surface area contributed by atoms with E-state index in [1.807, 2.05) is 0 Å². The largest absolute Gasteiger partial charge is 0.364 e. The number of nitrogens with two attached hydrogens (primary N) is 1. The van der Waals surface area contributed by atoms with Crippen molar-refractivity contribution in [2.75, 3.05) is 0 Å². The van der Waals surface area contributed by atoms with Crippen molar-refractivity contribution in [1.29, 1.82) is 0 Å². The Kier molecular flexibility index (Phi) is 3.25. The Morgan fingerprint density at radius 3 is 2.69 bits per heavy atom. The fraction of sp³-hybridized carbons (Fsp3) is 0.111. The van der Waals surface area contributed by atoms with Gasteiger partial charge in [0.25, 0.3) is 5.91 Å². The second kappa shape index (κ2) is 4.67. The highest BCUT2D eigenvalue weighted by Gasteiger charge is 2.14. The maximum Gasteiger partial charge on any atom is 0.269 e. The van der Waals surface area contributed by atoms with Gasteiger partial charge in [0, 0.05) is 12.4 Å². The topological polar surface area (TPSA) is 81.8 Å². The highest BCUT2D eigenvalue weighted by atomic mass is 79.9. The first-order chi connectivity index (χ1) is 7.66. The molecule has 0 saturated carbocycles. The molecular formula is C9H7BrN4OS. The summed E-state index contributed by atoms with van der Waals surface area (Å²) in [6.45, 7) is 0. The van der Waals surface area contributed by atoms with E-state index in [1.54, 1.807) is 18.5 Å². The molecule has 5 nitrogen and oxygen atoms in total. The summed E-state index contributed by atoms with van der Waals surface area (Å²) >= 11 is 4.61. The van der Waals surface area contributed by atoms with Gasteiger partial charge < -0.3 is 5.73 Å². The smallest absolute Gasteiger partial charge is 0.269 e. The molecule has 0 bridgehead atoms. The van der Waals surface area contributed by atoms with Crippen LogP contribution in [0.25, 0.3) is 0 Å². The van der Waals surface area contributed by atoms with Gasteiger partial charge in [0.15, 0.2) is 5.69 Å². The van der Waals surface area contributed by atoms with Crippen LogP contribution >= 0.6 is 27.3 Å². The molecule has 0 fully saturated rings. The van der Waals surface area contributed by atoms with Crippen molar-refractivity contribution >= 4 is 33.2 Å². The quantitative estimate of drug-likeness (QED) is 0.928. The van der Waals surface area contributed by atoms with E-state index < -0.39 is 5.91 Å². The lowest BCUT2D eigenvalue weighted by molar-refractivity contribution is 0.0995. The van der Waals surface area contributed by atoms with Gasteiger partial charge in [-0.05, 0) is 22.0 Å². The van der Waals surface area contributed by atoms with Crippen LogP contribution in [0.1, 0.15) is 21.3 Å². The molecule has 0 aromatic carbocycles. The first kappa shape index (κ1) is 11.2. The third-order valence-corrected chi connectivity index (χ3v) is 3.50. The Bertz CT molecular complexity index is 513. The fourth-order valence-corrected chi connectivity index (χ4v) is 2.76. The fourth-order valence-electron chi connectivity index (χ4n) is 1.13. The number of aromatic nitrogens is 3. The van der Waals surface area contributed by atoms with Crippen LogP contribution in [0, 0.1) is 0 Å². The molecular weight excluding hydrogens is 292 g/mol. The minimum absolute atomic E-state index is 0.260. The summed E-state index contributed by atoms with van der Waals surface area (Å²) in [5.41, 5.74) is 5.43. The summed E-state index contributed by atoms with van der Waals surface area (Å²) in [6, 6.07) is 1.75. The van der Waals surface area contributed by atoms with Gasteiger partial charge in [-0.25, -0.2) is 15.0 Å². The van der Waals surface area contributed by atoms with Gasteiger partial charge in [0.05, 0.1) is 6.42 Å². The minimum Gasteiger partial charge on any atom is -0.364 e. The second-order valence-corrected chi connectivity index (χ2v) is 5.34. The lowest BCUT2D eigenvalue weighted by Crippen LogP contribution is -2.12. The number of hydrogen-bond acceptors (Lipinski definition) is 5. The van der Waals surface area contributed by atoms with Crippen LogP contribution in [0.15, 0.2) is 22.2 Å². The number of halogens is 1. The van der Waals surface area contributed by atoms with Crippen molar-refractivity contribution in [3.63, 3.8) is 0 Å². The molecule has 2 aromatic rings. The summed E-state index contributed by atoms with van der Waals surface area (Å²) in [6.07, 6.45) is 3.83. The number of carbonyl (C=O) groups is 1. The molecule has 2 heterocycles. The molecule has 2 N–H and O–H groups in total. The van der Waals surface area contributed by atoms with Gasteiger partial charge in [-0.1, -0.05) is 0 Å². The summed E-state index contributed by atoms with van der Waals surface area (Å²) in [5, 5.41) is 0.756. The first-order valence-corrected chi connectivity index (χ1v) is 5.98. The summed E-state index contributed by atoms with van der Waals surface area (Å²) in [5.74, 6) is 0.128. The van der Waals surface area contributed by atoms with Gasteiger partial charge in [-0.2, -0.15) is 0 Å². The van der Waals surface area contributed by atoms with Crippen LogP contribution in [0.4, 0.5) is 0 Å². The Morgan fingerprint density at radius 1 is 1.44 bits per heavy atom. The van der Waals surface area contributed by atoms with Gasteiger partial charge in [-0.3, -0.25) is 4.79 Å². The lowest BCUT2D eigenvalue weighted by atomic mass is 10.4. The van der Waals surface area contributed by atoms with Crippen LogP contribution < -0.4 is 5.73 Å². The molecule has 16 heavy (non-hydrogen) atoms. The van der Waals surface area contributed by atoms with E-state index in [2.05, 4.69) is 30.9 Å². The summed E-state index contributed by atoms with van der Waals surface area (Å²) in [7, 11) is 0. The van der Waals surface area contributed by atoms with Crippen molar-refractivity contribution < 1.29 is 4.79 Å².